The second-order valence-corrected chi connectivity index (χ2v) is 6.04. The zero-order valence-corrected chi connectivity index (χ0v) is 13.5. The molecular weight excluding hydrogens is 290 g/mol. The molecule has 120 valence electrons. The lowest BCUT2D eigenvalue weighted by Crippen LogP contribution is -2.30. The second-order valence-electron chi connectivity index (χ2n) is 6.04. The van der Waals surface area contributed by atoms with Crippen LogP contribution in [0.4, 0.5) is 0 Å². The maximum Gasteiger partial charge on any atom is 0.229 e. The summed E-state index contributed by atoms with van der Waals surface area (Å²) in [4.78, 5) is 13.9. The minimum atomic E-state index is -0.400. The van der Waals surface area contributed by atoms with Gasteiger partial charge in [0.1, 0.15) is 11.3 Å². The van der Waals surface area contributed by atoms with Crippen molar-refractivity contribution in [2.45, 2.75) is 25.9 Å². The van der Waals surface area contributed by atoms with Gasteiger partial charge < -0.3 is 14.4 Å². The van der Waals surface area contributed by atoms with Crippen LogP contribution in [0.2, 0.25) is 0 Å². The van der Waals surface area contributed by atoms with Crippen LogP contribution in [0.3, 0.4) is 0 Å². The van der Waals surface area contributed by atoms with E-state index in [0.717, 1.165) is 21.7 Å². The average molecular weight is 311 g/mol. The highest BCUT2D eigenvalue weighted by molar-refractivity contribution is 6.06. The highest BCUT2D eigenvalue weighted by atomic mass is 16.3. The van der Waals surface area contributed by atoms with Crippen molar-refractivity contribution < 1.29 is 14.3 Å². The molecule has 3 aromatic rings. The van der Waals surface area contributed by atoms with Crippen molar-refractivity contribution in [3.05, 3.63) is 48.2 Å². The van der Waals surface area contributed by atoms with E-state index in [0.29, 0.717) is 18.7 Å². The Morgan fingerprint density at radius 3 is 2.78 bits per heavy atom. The first-order valence-electron chi connectivity index (χ1n) is 7.87. The number of amides is 1. The van der Waals surface area contributed by atoms with E-state index >= 15 is 0 Å². The molecule has 0 aliphatic heterocycles. The maximum atomic E-state index is 12.2. The van der Waals surface area contributed by atoms with E-state index in [-0.39, 0.29) is 12.3 Å². The van der Waals surface area contributed by atoms with Gasteiger partial charge in [-0.05, 0) is 36.2 Å². The lowest BCUT2D eigenvalue weighted by Gasteiger charge is -2.17. The first-order valence-corrected chi connectivity index (χ1v) is 7.87. The molecule has 3 rings (SSSR count). The van der Waals surface area contributed by atoms with Crippen LogP contribution in [-0.4, -0.2) is 35.6 Å². The standard InChI is InChI=1S/C19H21NO3/c1-13(21)9-10-20(2)19(22)12-15-11-17-16-6-4-3-5-14(16)7-8-18(17)23-15/h3-8,11,13,21H,9-10,12H2,1-2H3. The average Bonchev–Trinajstić information content (AvgIpc) is 2.95. The fourth-order valence-corrected chi connectivity index (χ4v) is 2.72. The van der Waals surface area contributed by atoms with Crippen molar-refractivity contribution >= 4 is 27.6 Å². The number of benzene rings is 2. The summed E-state index contributed by atoms with van der Waals surface area (Å²) in [5, 5.41) is 12.6. The van der Waals surface area contributed by atoms with Gasteiger partial charge in [0.2, 0.25) is 5.91 Å². The zero-order chi connectivity index (χ0) is 16.4. The van der Waals surface area contributed by atoms with Crippen molar-refractivity contribution in [2.75, 3.05) is 13.6 Å². The maximum absolute atomic E-state index is 12.2. The van der Waals surface area contributed by atoms with Gasteiger partial charge in [0, 0.05) is 19.0 Å². The molecule has 0 saturated carbocycles. The van der Waals surface area contributed by atoms with E-state index in [1.807, 2.05) is 30.3 Å². The summed E-state index contributed by atoms with van der Waals surface area (Å²) in [6.45, 7) is 2.27. The first kappa shape index (κ1) is 15.6. The normalized spacial score (nSPS) is 12.7. The predicted molar refractivity (Wildman–Crippen MR) is 91.4 cm³/mol. The van der Waals surface area contributed by atoms with E-state index in [1.165, 1.54) is 0 Å². The summed E-state index contributed by atoms with van der Waals surface area (Å²) in [5.41, 5.74) is 0.804. The topological polar surface area (TPSA) is 53.7 Å². The summed E-state index contributed by atoms with van der Waals surface area (Å²) in [6.07, 6.45) is 0.412. The van der Waals surface area contributed by atoms with Crippen molar-refractivity contribution in [3.8, 4) is 0 Å². The number of fused-ring (bicyclic) bond motifs is 3. The summed E-state index contributed by atoms with van der Waals surface area (Å²) in [7, 11) is 1.75. The third-order valence-corrected chi connectivity index (χ3v) is 4.11. The van der Waals surface area contributed by atoms with Gasteiger partial charge in [-0.2, -0.15) is 0 Å². The van der Waals surface area contributed by atoms with E-state index in [9.17, 15) is 9.90 Å². The Kier molecular flexibility index (Phi) is 4.35. The zero-order valence-electron chi connectivity index (χ0n) is 13.5. The van der Waals surface area contributed by atoms with Crippen molar-refractivity contribution in [1.82, 2.24) is 4.90 Å². The molecule has 1 heterocycles. The number of carbonyl (C=O) groups excluding carboxylic acids is 1. The first-order chi connectivity index (χ1) is 11.0. The molecule has 0 spiro atoms. The van der Waals surface area contributed by atoms with Crippen LogP contribution in [0, 0.1) is 0 Å². The number of nitrogens with zero attached hydrogens (tertiary/aromatic N) is 1. The second kappa shape index (κ2) is 6.42. The van der Waals surface area contributed by atoms with Crippen LogP contribution in [-0.2, 0) is 11.2 Å². The number of aliphatic hydroxyl groups excluding tert-OH is 1. The van der Waals surface area contributed by atoms with Crippen LogP contribution in [0.25, 0.3) is 21.7 Å². The lowest BCUT2D eigenvalue weighted by atomic mass is 10.1. The lowest BCUT2D eigenvalue weighted by molar-refractivity contribution is -0.129. The molecule has 1 amide bonds. The molecule has 0 bridgehead atoms. The van der Waals surface area contributed by atoms with E-state index in [2.05, 4.69) is 12.1 Å². The molecule has 0 radical (unpaired) electrons. The van der Waals surface area contributed by atoms with Gasteiger partial charge in [-0.15, -0.1) is 0 Å². The number of aliphatic hydroxyl groups is 1. The Labute approximate surface area is 135 Å². The minimum Gasteiger partial charge on any atom is -0.461 e. The van der Waals surface area contributed by atoms with Gasteiger partial charge in [0.15, 0.2) is 0 Å². The largest absolute Gasteiger partial charge is 0.461 e. The van der Waals surface area contributed by atoms with Crippen LogP contribution < -0.4 is 0 Å². The van der Waals surface area contributed by atoms with Gasteiger partial charge in [-0.3, -0.25) is 4.79 Å². The van der Waals surface area contributed by atoms with Gasteiger partial charge >= 0.3 is 0 Å². The highest BCUT2D eigenvalue weighted by Gasteiger charge is 2.14. The van der Waals surface area contributed by atoms with Crippen molar-refractivity contribution in [2.24, 2.45) is 0 Å². The Balaban J connectivity index is 1.81. The highest BCUT2D eigenvalue weighted by Crippen LogP contribution is 2.28. The molecule has 1 N–H and O–H groups in total. The van der Waals surface area contributed by atoms with Crippen molar-refractivity contribution in [3.63, 3.8) is 0 Å². The molecule has 1 atom stereocenters. The Hall–Kier alpha value is -2.33. The van der Waals surface area contributed by atoms with E-state index < -0.39 is 6.10 Å². The smallest absolute Gasteiger partial charge is 0.229 e. The van der Waals surface area contributed by atoms with Crippen LogP contribution >= 0.6 is 0 Å². The summed E-state index contributed by atoms with van der Waals surface area (Å²) in [6, 6.07) is 14.1. The molecule has 0 aliphatic carbocycles. The predicted octanol–water partition coefficient (Wildman–Crippen LogP) is 3.36. The molecule has 4 nitrogen and oxygen atoms in total. The molecule has 4 heteroatoms. The number of hydrogen-bond acceptors (Lipinski definition) is 3. The number of rotatable bonds is 5. The van der Waals surface area contributed by atoms with Gasteiger partial charge in [0.25, 0.3) is 0 Å². The van der Waals surface area contributed by atoms with E-state index in [4.69, 9.17) is 4.42 Å². The van der Waals surface area contributed by atoms with Gasteiger partial charge in [0.05, 0.1) is 12.5 Å². The molecular formula is C19H21NO3. The molecule has 2 aromatic carbocycles. The summed E-state index contributed by atoms with van der Waals surface area (Å²) in [5.74, 6) is 0.666. The van der Waals surface area contributed by atoms with Gasteiger partial charge in [-0.25, -0.2) is 0 Å². The number of likely N-dealkylation sites (N-methyl/N-ethyl adjacent to an activating group) is 1. The Morgan fingerprint density at radius 2 is 2.00 bits per heavy atom. The molecule has 0 aliphatic rings. The van der Waals surface area contributed by atoms with E-state index in [1.54, 1.807) is 18.9 Å². The SMILES string of the molecule is CC(O)CCN(C)C(=O)Cc1cc2c(ccc3ccccc32)o1. The minimum absolute atomic E-state index is 0.00554. The third kappa shape index (κ3) is 3.37. The fraction of sp³-hybridized carbons (Fsp3) is 0.316. The molecule has 1 unspecified atom stereocenters. The molecule has 0 fully saturated rings. The Bertz CT molecular complexity index is 835. The molecule has 23 heavy (non-hydrogen) atoms. The summed E-state index contributed by atoms with van der Waals surface area (Å²) >= 11 is 0. The monoisotopic (exact) mass is 311 g/mol. The van der Waals surface area contributed by atoms with Crippen molar-refractivity contribution in [1.29, 1.82) is 0 Å². The van der Waals surface area contributed by atoms with Crippen LogP contribution in [0.5, 0.6) is 0 Å². The quantitative estimate of drug-likeness (QED) is 0.786. The fourth-order valence-electron chi connectivity index (χ4n) is 2.72. The Morgan fingerprint density at radius 1 is 1.22 bits per heavy atom. The number of hydrogen-bond donors (Lipinski definition) is 1. The number of furan rings is 1. The number of carbonyl (C=O) groups is 1. The van der Waals surface area contributed by atoms with Crippen LogP contribution in [0.1, 0.15) is 19.1 Å². The third-order valence-electron chi connectivity index (χ3n) is 4.11. The molecule has 1 aromatic heterocycles. The van der Waals surface area contributed by atoms with Crippen LogP contribution in [0.15, 0.2) is 46.9 Å². The van der Waals surface area contributed by atoms with Gasteiger partial charge in [-0.1, -0.05) is 30.3 Å². The summed E-state index contributed by atoms with van der Waals surface area (Å²) < 4.78 is 5.83. The molecule has 0 saturated heterocycles.